The first kappa shape index (κ1) is 15.0. The molecule has 1 saturated heterocycles. The number of rotatable bonds is 2. The van der Waals surface area contributed by atoms with Crippen LogP contribution in [0.4, 0.5) is 0 Å². The van der Waals surface area contributed by atoms with Gasteiger partial charge in [0.25, 0.3) is 0 Å². The van der Waals surface area contributed by atoms with E-state index in [1.165, 1.54) is 5.56 Å². The normalized spacial score (nSPS) is 23.7. The van der Waals surface area contributed by atoms with E-state index in [-0.39, 0.29) is 43.7 Å². The van der Waals surface area contributed by atoms with Gasteiger partial charge in [-0.1, -0.05) is 30.3 Å². The van der Waals surface area contributed by atoms with Gasteiger partial charge in [-0.15, -0.1) is 0 Å². The van der Waals surface area contributed by atoms with Crippen LogP contribution in [0.15, 0.2) is 30.3 Å². The summed E-state index contributed by atoms with van der Waals surface area (Å²) in [4.78, 5) is 10.5. The minimum Gasteiger partial charge on any atom is -1.00 e. The fourth-order valence-electron chi connectivity index (χ4n) is 1.83. The number of carbonyl (C=O) groups excluding carboxylic acids is 1. The summed E-state index contributed by atoms with van der Waals surface area (Å²) in [5.41, 5.74) is 1.28. The molecule has 1 fully saturated rings. The first-order valence-corrected chi connectivity index (χ1v) is 4.66. The molecular weight excluding hydrogens is 196 g/mol. The number of carbonyl (C=O) groups is 1. The van der Waals surface area contributed by atoms with Crippen molar-refractivity contribution in [3.8, 4) is 0 Å². The number of nitrogens with one attached hydrogen (secondary N) is 1. The smallest absolute Gasteiger partial charge is 1.00 e. The molecular formula is C11H17AlLiNO. The van der Waals surface area contributed by atoms with Crippen LogP contribution in [0.3, 0.4) is 0 Å². The molecule has 1 heterocycles. The van der Waals surface area contributed by atoms with Crippen LogP contribution in [0.2, 0.25) is 0 Å². The molecule has 0 aromatic heterocycles. The van der Waals surface area contributed by atoms with Crippen LogP contribution in [0, 0.1) is 0 Å². The van der Waals surface area contributed by atoms with Crippen LogP contribution >= 0.6 is 0 Å². The summed E-state index contributed by atoms with van der Waals surface area (Å²) in [7, 11) is 0. The molecule has 2 unspecified atom stereocenters. The van der Waals surface area contributed by atoms with Crippen molar-refractivity contribution in [3.63, 3.8) is 0 Å². The predicted octanol–water partition coefficient (Wildman–Crippen LogP) is -2.39. The maximum atomic E-state index is 10.5. The SMILES string of the molecule is O=CC1CCC(c2ccccc2)N1.[AlH3].[H-].[Li+]. The third-order valence-electron chi connectivity index (χ3n) is 2.55. The Balaban J connectivity index is 0. The van der Waals surface area contributed by atoms with Gasteiger partial charge in [0.1, 0.15) is 6.29 Å². The number of hydrogen-bond acceptors (Lipinski definition) is 2. The Morgan fingerprint density at radius 3 is 2.47 bits per heavy atom. The van der Waals surface area contributed by atoms with Gasteiger partial charge < -0.3 is 11.5 Å². The summed E-state index contributed by atoms with van der Waals surface area (Å²) in [6, 6.07) is 10.7. The topological polar surface area (TPSA) is 29.1 Å². The van der Waals surface area contributed by atoms with Crippen LogP contribution in [0.1, 0.15) is 25.9 Å². The molecule has 15 heavy (non-hydrogen) atoms. The molecule has 1 aromatic rings. The third-order valence-corrected chi connectivity index (χ3v) is 2.55. The van der Waals surface area contributed by atoms with Crippen molar-refractivity contribution in [2.45, 2.75) is 24.9 Å². The van der Waals surface area contributed by atoms with E-state index >= 15 is 0 Å². The molecule has 0 bridgehead atoms. The second-order valence-electron chi connectivity index (χ2n) is 3.45. The zero-order valence-electron chi connectivity index (χ0n) is 9.44. The number of aldehydes is 1. The molecule has 0 saturated carbocycles. The van der Waals surface area contributed by atoms with E-state index in [1.54, 1.807) is 0 Å². The molecule has 76 valence electrons. The van der Waals surface area contributed by atoms with Gasteiger partial charge in [0.2, 0.25) is 0 Å². The van der Waals surface area contributed by atoms with Gasteiger partial charge in [0.15, 0.2) is 17.4 Å². The van der Waals surface area contributed by atoms with Crippen LogP contribution < -0.4 is 24.2 Å². The Labute approximate surface area is 115 Å². The largest absolute Gasteiger partial charge is 1.00 e. The molecule has 0 aliphatic carbocycles. The van der Waals surface area contributed by atoms with E-state index in [9.17, 15) is 4.79 Å². The van der Waals surface area contributed by atoms with Crippen molar-refractivity contribution in [2.75, 3.05) is 0 Å². The van der Waals surface area contributed by atoms with E-state index in [0.29, 0.717) is 6.04 Å². The summed E-state index contributed by atoms with van der Waals surface area (Å²) in [5, 5.41) is 3.29. The molecule has 0 amide bonds. The van der Waals surface area contributed by atoms with Crippen molar-refractivity contribution >= 4 is 23.6 Å². The van der Waals surface area contributed by atoms with Gasteiger partial charge >= 0.3 is 18.9 Å². The summed E-state index contributed by atoms with van der Waals surface area (Å²) in [6.07, 6.45) is 3.03. The van der Waals surface area contributed by atoms with Crippen LogP contribution in [-0.2, 0) is 4.79 Å². The molecule has 4 heteroatoms. The maximum Gasteiger partial charge on any atom is 1.00 e. The van der Waals surface area contributed by atoms with Gasteiger partial charge in [0.05, 0.1) is 6.04 Å². The number of benzene rings is 1. The first-order valence-electron chi connectivity index (χ1n) is 4.66. The standard InChI is InChI=1S/C11H13NO.Al.Li.4H/c13-8-10-6-7-11(12-10)9-4-2-1-3-5-9;;;;;;/h1-5,8,10-12H,6-7H2;;;;;;/q;;+1;;;;-1. The van der Waals surface area contributed by atoms with Gasteiger partial charge in [-0.05, 0) is 18.4 Å². The van der Waals surface area contributed by atoms with Gasteiger partial charge in [-0.2, -0.15) is 0 Å². The molecule has 2 atom stereocenters. The Bertz CT molecular complexity index is 299. The minimum atomic E-state index is 0. The van der Waals surface area contributed by atoms with Crippen molar-refractivity contribution in [3.05, 3.63) is 35.9 Å². The second kappa shape index (κ2) is 7.29. The molecule has 1 aliphatic heterocycles. The zero-order valence-corrected chi connectivity index (χ0v) is 8.44. The summed E-state index contributed by atoms with van der Waals surface area (Å²) in [5.74, 6) is 0. The molecule has 1 aromatic carbocycles. The van der Waals surface area contributed by atoms with E-state index in [0.717, 1.165) is 19.1 Å². The number of hydrogen-bond donors (Lipinski definition) is 1. The molecule has 2 nitrogen and oxygen atoms in total. The van der Waals surface area contributed by atoms with Gasteiger partial charge in [-0.25, -0.2) is 0 Å². The van der Waals surface area contributed by atoms with E-state index in [1.807, 2.05) is 18.2 Å². The molecule has 0 radical (unpaired) electrons. The van der Waals surface area contributed by atoms with Crippen molar-refractivity contribution < 1.29 is 25.1 Å². The van der Waals surface area contributed by atoms with Crippen molar-refractivity contribution in [1.82, 2.24) is 5.32 Å². The fourth-order valence-corrected chi connectivity index (χ4v) is 1.83. The Morgan fingerprint density at radius 2 is 1.93 bits per heavy atom. The zero-order chi connectivity index (χ0) is 9.10. The minimum absolute atomic E-state index is 0. The van der Waals surface area contributed by atoms with Gasteiger partial charge in [0, 0.05) is 6.04 Å². The van der Waals surface area contributed by atoms with Gasteiger partial charge in [-0.3, -0.25) is 0 Å². The quantitative estimate of drug-likeness (QED) is 0.439. The molecule has 1 N–H and O–H groups in total. The predicted molar refractivity (Wildman–Crippen MR) is 62.5 cm³/mol. The first-order chi connectivity index (χ1) is 6.40. The van der Waals surface area contributed by atoms with E-state index < -0.39 is 0 Å². The van der Waals surface area contributed by atoms with Crippen molar-refractivity contribution in [2.24, 2.45) is 0 Å². The average Bonchev–Trinajstić information content (AvgIpc) is 2.67. The maximum absolute atomic E-state index is 10.5. The molecule has 1 aliphatic rings. The summed E-state index contributed by atoms with van der Waals surface area (Å²) < 4.78 is 0. The Kier molecular flexibility index (Phi) is 7.28. The van der Waals surface area contributed by atoms with Crippen LogP contribution in [-0.4, -0.2) is 29.7 Å². The van der Waals surface area contributed by atoms with Crippen LogP contribution in [0.25, 0.3) is 0 Å². The second-order valence-corrected chi connectivity index (χ2v) is 3.45. The third kappa shape index (κ3) is 3.80. The van der Waals surface area contributed by atoms with Crippen LogP contribution in [0.5, 0.6) is 0 Å². The Hall–Kier alpha value is -0.0201. The van der Waals surface area contributed by atoms with Crippen molar-refractivity contribution in [1.29, 1.82) is 0 Å². The summed E-state index contributed by atoms with van der Waals surface area (Å²) >= 11 is 0. The monoisotopic (exact) mass is 213 g/mol. The Morgan fingerprint density at radius 1 is 1.27 bits per heavy atom. The molecule has 0 spiro atoms. The fraction of sp³-hybridized carbons (Fsp3) is 0.364. The van der Waals surface area contributed by atoms with E-state index in [2.05, 4.69) is 17.4 Å². The summed E-state index contributed by atoms with van der Waals surface area (Å²) in [6.45, 7) is 0. The molecule has 2 rings (SSSR count). The van der Waals surface area contributed by atoms with E-state index in [4.69, 9.17) is 0 Å². The average molecular weight is 213 g/mol.